The van der Waals surface area contributed by atoms with Gasteiger partial charge in [0.25, 0.3) is 0 Å². The van der Waals surface area contributed by atoms with Gasteiger partial charge in [0.05, 0.1) is 12.1 Å². The first-order valence-corrected chi connectivity index (χ1v) is 9.19. The number of aryl methyl sites for hydroxylation is 1. The van der Waals surface area contributed by atoms with Gasteiger partial charge < -0.3 is 9.32 Å². The Labute approximate surface area is 152 Å². The minimum absolute atomic E-state index is 0.0216. The average Bonchev–Trinajstić information content (AvgIpc) is 3.23. The SMILES string of the molecule is Cc1ccc(-c2nc(CC(=O)N(C)c3cccc(C(C)C)c3)cs2)o1. The van der Waals surface area contributed by atoms with Crippen LogP contribution >= 0.6 is 11.3 Å². The summed E-state index contributed by atoms with van der Waals surface area (Å²) in [5.74, 6) is 2.06. The number of furan rings is 1. The zero-order valence-electron chi connectivity index (χ0n) is 14.9. The van der Waals surface area contributed by atoms with Crippen molar-refractivity contribution < 1.29 is 9.21 Å². The Kier molecular flexibility index (Phi) is 5.04. The molecule has 25 heavy (non-hydrogen) atoms. The van der Waals surface area contributed by atoms with E-state index >= 15 is 0 Å². The minimum Gasteiger partial charge on any atom is -0.459 e. The molecule has 4 nitrogen and oxygen atoms in total. The normalized spacial score (nSPS) is 11.1. The third kappa shape index (κ3) is 3.99. The third-order valence-electron chi connectivity index (χ3n) is 4.13. The topological polar surface area (TPSA) is 46.3 Å². The van der Waals surface area contributed by atoms with Crippen LogP contribution in [0.15, 0.2) is 46.2 Å². The fourth-order valence-corrected chi connectivity index (χ4v) is 3.34. The molecule has 3 aromatic rings. The molecule has 0 saturated heterocycles. The third-order valence-corrected chi connectivity index (χ3v) is 5.04. The van der Waals surface area contributed by atoms with Gasteiger partial charge in [-0.1, -0.05) is 26.0 Å². The first kappa shape index (κ1) is 17.4. The monoisotopic (exact) mass is 354 g/mol. The first-order chi connectivity index (χ1) is 11.9. The smallest absolute Gasteiger partial charge is 0.232 e. The highest BCUT2D eigenvalue weighted by atomic mass is 32.1. The largest absolute Gasteiger partial charge is 0.459 e. The Morgan fingerprint density at radius 3 is 2.76 bits per heavy atom. The lowest BCUT2D eigenvalue weighted by Gasteiger charge is -2.18. The number of rotatable bonds is 5. The summed E-state index contributed by atoms with van der Waals surface area (Å²) in [5, 5.41) is 2.73. The van der Waals surface area contributed by atoms with Gasteiger partial charge in [-0.2, -0.15) is 0 Å². The summed E-state index contributed by atoms with van der Waals surface area (Å²) in [6.45, 7) is 6.20. The molecule has 2 aromatic heterocycles. The van der Waals surface area contributed by atoms with Crippen LogP contribution in [0.4, 0.5) is 5.69 Å². The molecule has 0 bridgehead atoms. The summed E-state index contributed by atoms with van der Waals surface area (Å²) in [7, 11) is 1.81. The Hall–Kier alpha value is -2.40. The predicted molar refractivity (Wildman–Crippen MR) is 102 cm³/mol. The van der Waals surface area contributed by atoms with E-state index in [-0.39, 0.29) is 12.3 Å². The predicted octanol–water partition coefficient (Wildman–Crippen LogP) is 5.04. The van der Waals surface area contributed by atoms with Crippen LogP contribution in [0.5, 0.6) is 0 Å². The van der Waals surface area contributed by atoms with Gasteiger partial charge in [0.1, 0.15) is 5.76 Å². The molecular formula is C20H22N2O2S. The van der Waals surface area contributed by atoms with Gasteiger partial charge in [0, 0.05) is 18.1 Å². The number of nitrogens with zero attached hydrogens (tertiary/aromatic N) is 2. The Morgan fingerprint density at radius 1 is 1.28 bits per heavy atom. The van der Waals surface area contributed by atoms with Gasteiger partial charge in [-0.05, 0) is 42.7 Å². The van der Waals surface area contributed by atoms with Gasteiger partial charge >= 0.3 is 0 Å². The van der Waals surface area contributed by atoms with Crippen molar-refractivity contribution in [3.05, 3.63) is 58.8 Å². The van der Waals surface area contributed by atoms with Crippen LogP contribution in [-0.2, 0) is 11.2 Å². The molecule has 1 aromatic carbocycles. The lowest BCUT2D eigenvalue weighted by atomic mass is 10.0. The summed E-state index contributed by atoms with van der Waals surface area (Å²) in [4.78, 5) is 18.8. The average molecular weight is 354 g/mol. The molecule has 0 aliphatic rings. The van der Waals surface area contributed by atoms with Gasteiger partial charge in [-0.25, -0.2) is 4.98 Å². The van der Waals surface area contributed by atoms with Crippen LogP contribution in [-0.4, -0.2) is 17.9 Å². The van der Waals surface area contributed by atoms with E-state index in [2.05, 4.69) is 31.0 Å². The summed E-state index contributed by atoms with van der Waals surface area (Å²) < 4.78 is 5.59. The number of hydrogen-bond acceptors (Lipinski definition) is 4. The number of hydrogen-bond donors (Lipinski definition) is 0. The van der Waals surface area contributed by atoms with Gasteiger partial charge in [0.2, 0.25) is 5.91 Å². The van der Waals surface area contributed by atoms with E-state index in [1.165, 1.54) is 16.9 Å². The molecular weight excluding hydrogens is 332 g/mol. The number of thiazole rings is 1. The molecule has 0 radical (unpaired) electrons. The van der Waals surface area contributed by atoms with Gasteiger partial charge in [0.15, 0.2) is 10.8 Å². The zero-order valence-corrected chi connectivity index (χ0v) is 15.8. The van der Waals surface area contributed by atoms with Crippen molar-refractivity contribution in [2.24, 2.45) is 0 Å². The highest BCUT2D eigenvalue weighted by Crippen LogP contribution is 2.26. The lowest BCUT2D eigenvalue weighted by Crippen LogP contribution is -2.28. The second kappa shape index (κ2) is 7.23. The second-order valence-electron chi connectivity index (χ2n) is 6.43. The highest BCUT2D eigenvalue weighted by Gasteiger charge is 2.16. The number of aromatic nitrogens is 1. The Balaban J connectivity index is 1.72. The number of carbonyl (C=O) groups is 1. The summed E-state index contributed by atoms with van der Waals surface area (Å²) in [6, 6.07) is 11.9. The van der Waals surface area contributed by atoms with Crippen LogP contribution in [0.2, 0.25) is 0 Å². The van der Waals surface area contributed by atoms with E-state index in [1.54, 1.807) is 4.90 Å². The van der Waals surface area contributed by atoms with Crippen LogP contribution in [0, 0.1) is 6.92 Å². The summed E-state index contributed by atoms with van der Waals surface area (Å²) in [5.41, 5.74) is 2.90. The maximum absolute atomic E-state index is 12.6. The molecule has 3 rings (SSSR count). The molecule has 130 valence electrons. The number of benzene rings is 1. The van der Waals surface area contributed by atoms with Crippen LogP contribution in [0.3, 0.4) is 0 Å². The molecule has 2 heterocycles. The molecule has 0 saturated carbocycles. The molecule has 0 spiro atoms. The van der Waals surface area contributed by atoms with Crippen LogP contribution in [0.25, 0.3) is 10.8 Å². The lowest BCUT2D eigenvalue weighted by molar-refractivity contribution is -0.117. The number of amides is 1. The van der Waals surface area contributed by atoms with E-state index in [0.29, 0.717) is 5.92 Å². The second-order valence-corrected chi connectivity index (χ2v) is 7.29. The van der Waals surface area contributed by atoms with Gasteiger partial charge in [-0.3, -0.25) is 4.79 Å². The van der Waals surface area contributed by atoms with Crippen molar-refractivity contribution in [2.75, 3.05) is 11.9 Å². The fourth-order valence-electron chi connectivity index (χ4n) is 2.56. The molecule has 0 aliphatic carbocycles. The van der Waals surface area contributed by atoms with Gasteiger partial charge in [-0.15, -0.1) is 11.3 Å². The van der Waals surface area contributed by atoms with Crippen LogP contribution < -0.4 is 4.90 Å². The first-order valence-electron chi connectivity index (χ1n) is 8.32. The van der Waals surface area contributed by atoms with Crippen molar-refractivity contribution in [3.63, 3.8) is 0 Å². The number of carbonyl (C=O) groups excluding carboxylic acids is 1. The van der Waals surface area contributed by atoms with E-state index in [1.807, 2.05) is 43.6 Å². The van der Waals surface area contributed by atoms with E-state index in [9.17, 15) is 4.79 Å². The van der Waals surface area contributed by atoms with E-state index < -0.39 is 0 Å². The maximum Gasteiger partial charge on any atom is 0.232 e. The van der Waals surface area contributed by atoms with Crippen molar-refractivity contribution in [2.45, 2.75) is 33.1 Å². The quantitative estimate of drug-likeness (QED) is 0.645. The molecule has 0 unspecified atom stereocenters. The van der Waals surface area contributed by atoms with Crippen molar-refractivity contribution >= 4 is 22.9 Å². The van der Waals surface area contributed by atoms with Crippen molar-refractivity contribution in [1.82, 2.24) is 4.98 Å². The molecule has 0 N–H and O–H groups in total. The standard InChI is InChI=1S/C20H22N2O2S/c1-13(2)15-6-5-7-17(10-15)22(4)19(23)11-16-12-25-20(21-16)18-9-8-14(3)24-18/h5-10,12-13H,11H2,1-4H3. The molecule has 0 atom stereocenters. The fraction of sp³-hybridized carbons (Fsp3) is 0.300. The van der Waals surface area contributed by atoms with E-state index in [4.69, 9.17) is 4.42 Å². The molecule has 1 amide bonds. The minimum atomic E-state index is 0.0216. The van der Waals surface area contributed by atoms with Crippen LogP contribution in [0.1, 0.15) is 36.8 Å². The summed E-state index contributed by atoms with van der Waals surface area (Å²) in [6.07, 6.45) is 0.276. The van der Waals surface area contributed by atoms with Crippen molar-refractivity contribution in [3.8, 4) is 10.8 Å². The van der Waals surface area contributed by atoms with E-state index in [0.717, 1.165) is 27.9 Å². The number of anilines is 1. The highest BCUT2D eigenvalue weighted by molar-refractivity contribution is 7.13. The van der Waals surface area contributed by atoms with Crippen molar-refractivity contribution in [1.29, 1.82) is 0 Å². The summed E-state index contributed by atoms with van der Waals surface area (Å²) >= 11 is 1.50. The Bertz CT molecular complexity index is 879. The maximum atomic E-state index is 12.6. The zero-order chi connectivity index (χ0) is 18.0. The number of likely N-dealkylation sites (N-methyl/N-ethyl adjacent to an activating group) is 1. The molecule has 5 heteroatoms. The Morgan fingerprint density at radius 2 is 2.08 bits per heavy atom. The molecule has 0 fully saturated rings. The molecule has 0 aliphatic heterocycles.